The smallest absolute Gasteiger partial charge is 0.242 e. The van der Waals surface area contributed by atoms with Gasteiger partial charge in [-0.15, -0.1) is 0 Å². The van der Waals surface area contributed by atoms with Crippen LogP contribution in [0.2, 0.25) is 0 Å². The molecule has 0 unspecified atom stereocenters. The van der Waals surface area contributed by atoms with E-state index in [2.05, 4.69) is 26.2 Å². The highest BCUT2D eigenvalue weighted by molar-refractivity contribution is 9.10. The van der Waals surface area contributed by atoms with Gasteiger partial charge in [-0.2, -0.15) is 0 Å². The zero-order valence-corrected chi connectivity index (χ0v) is 19.8. The van der Waals surface area contributed by atoms with Crippen molar-refractivity contribution in [3.63, 3.8) is 0 Å². The zero-order chi connectivity index (χ0) is 22.1. The van der Waals surface area contributed by atoms with E-state index in [0.29, 0.717) is 18.5 Å². The van der Waals surface area contributed by atoms with Gasteiger partial charge in [0.1, 0.15) is 5.82 Å². The molecule has 0 aliphatic carbocycles. The third-order valence-corrected chi connectivity index (χ3v) is 7.61. The van der Waals surface area contributed by atoms with Crippen LogP contribution in [0.15, 0.2) is 45.8 Å². The van der Waals surface area contributed by atoms with Crippen LogP contribution >= 0.6 is 15.9 Å². The predicted octanol–water partition coefficient (Wildman–Crippen LogP) is 3.95. The highest BCUT2D eigenvalue weighted by Crippen LogP contribution is 2.23. The van der Waals surface area contributed by atoms with Crippen molar-refractivity contribution in [2.24, 2.45) is 0 Å². The fraction of sp³-hybridized carbons (Fsp3) is 0.333. The lowest BCUT2D eigenvalue weighted by Crippen LogP contribution is -2.22. The summed E-state index contributed by atoms with van der Waals surface area (Å²) in [7, 11) is -0.527. The summed E-state index contributed by atoms with van der Waals surface area (Å²) in [5, 5.41) is 2.91. The maximum atomic E-state index is 12.4. The van der Waals surface area contributed by atoms with Gasteiger partial charge in [0.05, 0.1) is 15.9 Å². The summed E-state index contributed by atoms with van der Waals surface area (Å²) in [6, 6.07) is 10.6. The Labute approximate surface area is 185 Å². The summed E-state index contributed by atoms with van der Waals surface area (Å²) >= 11 is 3.45. The van der Waals surface area contributed by atoms with Gasteiger partial charge in [-0.25, -0.2) is 17.7 Å². The summed E-state index contributed by atoms with van der Waals surface area (Å²) in [5.74, 6) is 0.663. The van der Waals surface area contributed by atoms with E-state index in [-0.39, 0.29) is 17.2 Å². The minimum Gasteiger partial charge on any atom is -0.328 e. The van der Waals surface area contributed by atoms with Gasteiger partial charge in [-0.1, -0.05) is 15.9 Å². The summed E-state index contributed by atoms with van der Waals surface area (Å²) in [4.78, 5) is 17.2. The first kappa shape index (κ1) is 22.5. The number of nitrogens with zero attached hydrogens (tertiary/aromatic N) is 3. The van der Waals surface area contributed by atoms with Crippen molar-refractivity contribution in [2.45, 2.75) is 38.1 Å². The molecule has 0 aliphatic rings. The van der Waals surface area contributed by atoms with Gasteiger partial charge in [-0.3, -0.25) is 4.79 Å². The van der Waals surface area contributed by atoms with Crippen LogP contribution in [-0.2, 0) is 27.8 Å². The lowest BCUT2D eigenvalue weighted by Gasteiger charge is -2.11. The van der Waals surface area contributed by atoms with Gasteiger partial charge in [0, 0.05) is 43.6 Å². The number of fused-ring (bicyclic) bond motifs is 1. The molecule has 1 amide bonds. The Morgan fingerprint density at radius 3 is 2.57 bits per heavy atom. The number of amides is 1. The second kappa shape index (κ2) is 8.87. The summed E-state index contributed by atoms with van der Waals surface area (Å²) in [6.45, 7) is 4.65. The lowest BCUT2D eigenvalue weighted by molar-refractivity contribution is -0.116. The molecule has 3 rings (SSSR count). The monoisotopic (exact) mass is 492 g/mol. The molecule has 9 heteroatoms. The average molecular weight is 493 g/mol. The topological polar surface area (TPSA) is 84.3 Å². The number of carbonyl (C=O) groups is 1. The summed E-state index contributed by atoms with van der Waals surface area (Å²) < 4.78 is 29.0. The van der Waals surface area contributed by atoms with Gasteiger partial charge < -0.3 is 9.88 Å². The molecule has 0 atom stereocenters. The van der Waals surface area contributed by atoms with Crippen molar-refractivity contribution in [1.82, 2.24) is 13.9 Å². The van der Waals surface area contributed by atoms with Gasteiger partial charge in [0.2, 0.25) is 15.9 Å². The summed E-state index contributed by atoms with van der Waals surface area (Å²) in [6.07, 6.45) is 0.737. The van der Waals surface area contributed by atoms with Crippen molar-refractivity contribution >= 4 is 48.6 Å². The second-order valence-electron chi connectivity index (χ2n) is 7.22. The normalized spacial score (nSPS) is 11.9. The van der Waals surface area contributed by atoms with Gasteiger partial charge in [0.15, 0.2) is 0 Å². The third-order valence-electron chi connectivity index (χ3n) is 4.91. The SMILES string of the molecule is CCn1c(CCC(=O)Nc2ccc(Br)c(C)c2)nc2cc(S(=O)(=O)N(C)C)ccc21. The molecule has 30 heavy (non-hydrogen) atoms. The Kier molecular flexibility index (Phi) is 6.64. The number of aromatic nitrogens is 2. The fourth-order valence-electron chi connectivity index (χ4n) is 3.25. The number of hydrogen-bond donors (Lipinski definition) is 1. The van der Waals surface area contributed by atoms with Gasteiger partial charge in [0.25, 0.3) is 0 Å². The lowest BCUT2D eigenvalue weighted by atomic mass is 10.2. The van der Waals surface area contributed by atoms with Crippen LogP contribution < -0.4 is 5.32 Å². The number of rotatable bonds is 7. The number of aryl methyl sites for hydroxylation is 3. The van der Waals surface area contributed by atoms with Crippen molar-refractivity contribution in [1.29, 1.82) is 0 Å². The number of carbonyl (C=O) groups excluding carboxylic acids is 1. The number of imidazole rings is 1. The van der Waals surface area contributed by atoms with Crippen LogP contribution in [0.1, 0.15) is 24.7 Å². The van der Waals surface area contributed by atoms with Crippen molar-refractivity contribution < 1.29 is 13.2 Å². The van der Waals surface area contributed by atoms with Crippen LogP contribution in [0.4, 0.5) is 5.69 Å². The van der Waals surface area contributed by atoms with Crippen molar-refractivity contribution in [3.8, 4) is 0 Å². The standard InChI is InChI=1S/C21H25BrN4O3S/c1-5-26-19-9-7-16(30(28,29)25(3)4)13-18(19)24-20(26)10-11-21(27)23-15-6-8-17(22)14(2)12-15/h6-9,12-13H,5,10-11H2,1-4H3,(H,23,27). The van der Waals surface area contributed by atoms with Gasteiger partial charge in [-0.05, 0) is 55.8 Å². The van der Waals surface area contributed by atoms with E-state index in [1.165, 1.54) is 18.4 Å². The van der Waals surface area contributed by atoms with Crippen LogP contribution in [-0.4, -0.2) is 42.3 Å². The van der Waals surface area contributed by atoms with E-state index in [0.717, 1.165) is 27.1 Å². The zero-order valence-electron chi connectivity index (χ0n) is 17.4. The first-order chi connectivity index (χ1) is 14.1. The second-order valence-corrected chi connectivity index (χ2v) is 10.2. The number of hydrogen-bond acceptors (Lipinski definition) is 4. The summed E-state index contributed by atoms with van der Waals surface area (Å²) in [5.41, 5.74) is 3.26. The Hall–Kier alpha value is -2.23. The Morgan fingerprint density at radius 1 is 1.20 bits per heavy atom. The molecule has 0 saturated carbocycles. The average Bonchev–Trinajstić information content (AvgIpc) is 3.05. The fourth-order valence-corrected chi connectivity index (χ4v) is 4.41. The minimum absolute atomic E-state index is 0.0951. The molecular formula is C21H25BrN4O3S. The maximum Gasteiger partial charge on any atom is 0.242 e. The molecule has 1 N–H and O–H groups in total. The molecule has 0 spiro atoms. The molecule has 0 bridgehead atoms. The highest BCUT2D eigenvalue weighted by Gasteiger charge is 2.19. The van der Waals surface area contributed by atoms with Gasteiger partial charge >= 0.3 is 0 Å². The van der Waals surface area contributed by atoms with E-state index in [1.807, 2.05) is 36.6 Å². The molecule has 0 saturated heterocycles. The number of sulfonamides is 1. The first-order valence-electron chi connectivity index (χ1n) is 9.61. The number of benzene rings is 2. The van der Waals surface area contributed by atoms with E-state index in [4.69, 9.17) is 0 Å². The van der Waals surface area contributed by atoms with E-state index in [9.17, 15) is 13.2 Å². The van der Waals surface area contributed by atoms with Crippen molar-refractivity contribution in [2.75, 3.05) is 19.4 Å². The van der Waals surface area contributed by atoms with Crippen molar-refractivity contribution in [3.05, 3.63) is 52.3 Å². The molecule has 2 aromatic carbocycles. The molecule has 0 radical (unpaired) electrons. The Bertz CT molecular complexity index is 1200. The molecule has 7 nitrogen and oxygen atoms in total. The number of anilines is 1. The Morgan fingerprint density at radius 2 is 1.93 bits per heavy atom. The molecule has 160 valence electrons. The van der Waals surface area contributed by atoms with Crippen LogP contribution in [0.5, 0.6) is 0 Å². The highest BCUT2D eigenvalue weighted by atomic mass is 79.9. The third kappa shape index (κ3) is 4.58. The quantitative estimate of drug-likeness (QED) is 0.540. The number of halogens is 1. The molecule has 1 heterocycles. The minimum atomic E-state index is -3.53. The molecule has 0 fully saturated rings. The molecule has 0 aliphatic heterocycles. The largest absolute Gasteiger partial charge is 0.328 e. The molecule has 3 aromatic rings. The van der Waals surface area contributed by atoms with E-state index < -0.39 is 10.0 Å². The molecular weight excluding hydrogens is 468 g/mol. The van der Waals surface area contributed by atoms with Crippen LogP contribution in [0, 0.1) is 6.92 Å². The van der Waals surface area contributed by atoms with Crippen LogP contribution in [0.3, 0.4) is 0 Å². The van der Waals surface area contributed by atoms with E-state index in [1.54, 1.807) is 18.2 Å². The predicted molar refractivity (Wildman–Crippen MR) is 122 cm³/mol. The maximum absolute atomic E-state index is 12.4. The number of nitrogens with one attached hydrogen (secondary N) is 1. The van der Waals surface area contributed by atoms with Crippen LogP contribution in [0.25, 0.3) is 11.0 Å². The molecule has 1 aromatic heterocycles. The Balaban J connectivity index is 1.79. The first-order valence-corrected chi connectivity index (χ1v) is 11.8. The van der Waals surface area contributed by atoms with E-state index >= 15 is 0 Å².